The van der Waals surface area contributed by atoms with Gasteiger partial charge in [0.05, 0.1) is 36.2 Å². The molecule has 4 N–H and O–H groups in total. The first-order valence-corrected chi connectivity index (χ1v) is 17.1. The van der Waals surface area contributed by atoms with E-state index in [-0.39, 0.29) is 56.0 Å². The van der Waals surface area contributed by atoms with E-state index >= 15 is 0 Å². The van der Waals surface area contributed by atoms with Crippen LogP contribution in [0.3, 0.4) is 0 Å². The zero-order chi connectivity index (χ0) is 33.6. The lowest BCUT2D eigenvalue weighted by atomic mass is 9.89. The van der Waals surface area contributed by atoms with Crippen LogP contribution in [0.5, 0.6) is 11.5 Å². The molecule has 2 amide bonds. The summed E-state index contributed by atoms with van der Waals surface area (Å²) in [5, 5.41) is 26.1. The summed E-state index contributed by atoms with van der Waals surface area (Å²) >= 11 is 0. The summed E-state index contributed by atoms with van der Waals surface area (Å²) < 4.78 is 57.1. The minimum absolute atomic E-state index is 0.0296. The summed E-state index contributed by atoms with van der Waals surface area (Å²) in [6.07, 6.45) is -1.77. The van der Waals surface area contributed by atoms with Crippen LogP contribution in [0, 0.1) is 11.3 Å². The lowest BCUT2D eigenvalue weighted by Gasteiger charge is -2.35. The van der Waals surface area contributed by atoms with Gasteiger partial charge in [0.25, 0.3) is 0 Å². The molecule has 0 radical (unpaired) electrons. The molecule has 2 aromatic rings. The minimum atomic E-state index is -4.22. The molecular formula is C32H43N3O11S. The molecule has 0 bridgehead atoms. The number of nitrogens with one attached hydrogen (secondary N) is 2. The Kier molecular flexibility index (Phi) is 11.3. The Bertz CT molecular complexity index is 1490. The van der Waals surface area contributed by atoms with Crippen molar-refractivity contribution in [3.05, 3.63) is 54.1 Å². The summed E-state index contributed by atoms with van der Waals surface area (Å²) in [5.41, 5.74) is 0.130. The average Bonchev–Trinajstić information content (AvgIpc) is 3.79. The van der Waals surface area contributed by atoms with Crippen molar-refractivity contribution in [2.75, 3.05) is 46.2 Å². The number of rotatable bonds is 15. The molecule has 47 heavy (non-hydrogen) atoms. The molecule has 0 aromatic heterocycles. The van der Waals surface area contributed by atoms with E-state index in [2.05, 4.69) is 10.6 Å². The van der Waals surface area contributed by atoms with E-state index in [0.717, 1.165) is 5.56 Å². The normalized spacial score (nSPS) is 21.7. The zero-order valence-corrected chi connectivity index (χ0v) is 27.3. The van der Waals surface area contributed by atoms with Gasteiger partial charge in [-0.25, -0.2) is 13.2 Å². The molecule has 0 saturated carbocycles. The third-order valence-electron chi connectivity index (χ3n) is 8.55. The number of hydrogen-bond acceptors (Lipinski definition) is 11. The van der Waals surface area contributed by atoms with E-state index in [0.29, 0.717) is 25.2 Å². The van der Waals surface area contributed by atoms with Crippen molar-refractivity contribution in [1.29, 1.82) is 0 Å². The van der Waals surface area contributed by atoms with Crippen molar-refractivity contribution >= 4 is 22.0 Å². The molecule has 3 heterocycles. The van der Waals surface area contributed by atoms with Gasteiger partial charge in [-0.2, -0.15) is 4.31 Å². The van der Waals surface area contributed by atoms with Crippen molar-refractivity contribution in [1.82, 2.24) is 14.9 Å². The second-order valence-corrected chi connectivity index (χ2v) is 14.6. The highest BCUT2D eigenvalue weighted by atomic mass is 32.2. The molecule has 5 atom stereocenters. The molecule has 3 aliphatic rings. The van der Waals surface area contributed by atoms with E-state index in [4.69, 9.17) is 28.8 Å². The topological polar surface area (TPSA) is 182 Å². The summed E-state index contributed by atoms with van der Waals surface area (Å²) in [5.74, 6) is 0.0897. The van der Waals surface area contributed by atoms with Gasteiger partial charge < -0.3 is 44.5 Å². The fraction of sp³-hybridized carbons (Fsp3) is 0.562. The first-order valence-electron chi connectivity index (χ1n) is 15.6. The monoisotopic (exact) mass is 677 g/mol. The maximum absolute atomic E-state index is 14.2. The van der Waals surface area contributed by atoms with Crippen LogP contribution in [0.2, 0.25) is 0 Å². The van der Waals surface area contributed by atoms with E-state index in [1.54, 1.807) is 0 Å². The maximum Gasteiger partial charge on any atom is 0.407 e. The number of carbonyl (C=O) groups excluding carboxylic acids is 2. The maximum atomic E-state index is 14.2. The standard InChI is InChI=1S/C32H43N3O11S/c1-32(2,11-12-33-29(38)17-36)19-35(47(40,41)22-8-9-26-27(15-22)45-20-44-26)16-25(37)24(14-21-6-4-3-5-7-21)34-31(39)46-28-18-43-30-23(28)10-13-42-30/h3-9,15,23-25,28,30,36-37H,10-14,16-20H2,1-2H3,(H,33,38)(H,34,39)/t23-,24-,25-,28-,30+/m0/s1. The fourth-order valence-corrected chi connectivity index (χ4v) is 7.61. The summed E-state index contributed by atoms with van der Waals surface area (Å²) in [6.45, 7) is 3.51. The van der Waals surface area contributed by atoms with Crippen LogP contribution in [0.4, 0.5) is 4.79 Å². The SMILES string of the molecule is CC(C)(CCNC(=O)CO)CN(C[C@H](O)[C@H](Cc1ccccc1)NC(=O)O[C@H]1CO[C@H]2OCC[C@H]21)S(=O)(=O)c1ccc2c(c1)OCO2. The number of hydrogen-bond donors (Lipinski definition) is 4. The molecule has 5 rings (SSSR count). The lowest BCUT2D eigenvalue weighted by Crippen LogP contribution is -2.52. The van der Waals surface area contributed by atoms with Crippen LogP contribution < -0.4 is 20.1 Å². The second kappa shape index (κ2) is 15.2. The number of fused-ring (bicyclic) bond motifs is 2. The van der Waals surface area contributed by atoms with Crippen molar-refractivity contribution in [3.63, 3.8) is 0 Å². The van der Waals surface area contributed by atoms with Gasteiger partial charge in [-0.1, -0.05) is 44.2 Å². The van der Waals surface area contributed by atoms with Gasteiger partial charge in [-0.05, 0) is 42.4 Å². The van der Waals surface area contributed by atoms with E-state index in [1.165, 1.54) is 22.5 Å². The summed E-state index contributed by atoms with van der Waals surface area (Å²) in [4.78, 5) is 24.7. The van der Waals surface area contributed by atoms with Crippen LogP contribution in [0.25, 0.3) is 0 Å². The number of carbonyl (C=O) groups is 2. The molecule has 14 nitrogen and oxygen atoms in total. The number of sulfonamides is 1. The van der Waals surface area contributed by atoms with Gasteiger partial charge in [-0.15, -0.1) is 0 Å². The minimum Gasteiger partial charge on any atom is -0.454 e. The Morgan fingerprint density at radius 3 is 2.64 bits per heavy atom. The highest BCUT2D eigenvalue weighted by Gasteiger charge is 2.44. The molecule has 0 unspecified atom stereocenters. The van der Waals surface area contributed by atoms with Gasteiger partial charge in [0, 0.05) is 25.7 Å². The largest absolute Gasteiger partial charge is 0.454 e. The Hall–Kier alpha value is -3.47. The van der Waals surface area contributed by atoms with E-state index < -0.39 is 58.6 Å². The molecule has 2 saturated heterocycles. The molecule has 258 valence electrons. The highest BCUT2D eigenvalue weighted by molar-refractivity contribution is 7.89. The van der Waals surface area contributed by atoms with E-state index in [1.807, 2.05) is 44.2 Å². The van der Waals surface area contributed by atoms with Crippen molar-refractivity contribution in [3.8, 4) is 11.5 Å². The molecule has 0 aliphatic carbocycles. The molecule has 3 aliphatic heterocycles. The van der Waals surface area contributed by atoms with Crippen molar-refractivity contribution < 1.29 is 51.9 Å². The van der Waals surface area contributed by atoms with Gasteiger partial charge in [0.1, 0.15) is 12.7 Å². The molecule has 15 heteroatoms. The van der Waals surface area contributed by atoms with Gasteiger partial charge in [0.15, 0.2) is 17.8 Å². The molecule has 0 spiro atoms. The summed E-state index contributed by atoms with van der Waals surface area (Å²) in [7, 11) is -4.22. The fourth-order valence-electron chi connectivity index (χ4n) is 5.94. The number of aliphatic hydroxyl groups excluding tert-OH is 2. The van der Waals surface area contributed by atoms with Gasteiger partial charge in [-0.3, -0.25) is 4.79 Å². The Labute approximate surface area is 274 Å². The number of ether oxygens (including phenoxy) is 5. The number of amides is 2. The first-order chi connectivity index (χ1) is 22.4. The Balaban J connectivity index is 1.37. The quantitative estimate of drug-likeness (QED) is 0.214. The number of benzene rings is 2. The summed E-state index contributed by atoms with van der Waals surface area (Å²) in [6, 6.07) is 12.6. The predicted octanol–water partition coefficient (Wildman–Crippen LogP) is 1.39. The molecule has 2 aromatic carbocycles. The average molecular weight is 678 g/mol. The van der Waals surface area contributed by atoms with Crippen LogP contribution >= 0.6 is 0 Å². The number of nitrogens with zero attached hydrogens (tertiary/aromatic N) is 1. The van der Waals surface area contributed by atoms with Crippen molar-refractivity contribution in [2.24, 2.45) is 11.3 Å². The third-order valence-corrected chi connectivity index (χ3v) is 10.4. The third kappa shape index (κ3) is 8.91. The van der Waals surface area contributed by atoms with Gasteiger partial charge in [0.2, 0.25) is 22.7 Å². The second-order valence-electron chi connectivity index (χ2n) is 12.7. The molecule has 2 fully saturated rings. The van der Waals surface area contributed by atoms with Crippen molar-refractivity contribution in [2.45, 2.75) is 62.5 Å². The smallest absolute Gasteiger partial charge is 0.407 e. The number of alkyl carbamates (subject to hydrolysis) is 1. The van der Waals surface area contributed by atoms with E-state index in [9.17, 15) is 23.1 Å². The first kappa shape index (κ1) is 34.9. The Morgan fingerprint density at radius 2 is 1.87 bits per heavy atom. The van der Waals surface area contributed by atoms with Crippen LogP contribution in [0.15, 0.2) is 53.4 Å². The lowest BCUT2D eigenvalue weighted by molar-refractivity contribution is -0.123. The molecular weight excluding hydrogens is 634 g/mol. The Morgan fingerprint density at radius 1 is 1.11 bits per heavy atom. The number of aliphatic hydroxyl groups is 2. The van der Waals surface area contributed by atoms with Crippen LogP contribution in [0.1, 0.15) is 32.3 Å². The van der Waals surface area contributed by atoms with Crippen LogP contribution in [-0.2, 0) is 35.4 Å². The zero-order valence-electron chi connectivity index (χ0n) is 26.5. The van der Waals surface area contributed by atoms with Gasteiger partial charge >= 0.3 is 6.09 Å². The van der Waals surface area contributed by atoms with Crippen LogP contribution in [-0.4, -0.2) is 106 Å². The predicted molar refractivity (Wildman–Crippen MR) is 167 cm³/mol. The highest BCUT2D eigenvalue weighted by Crippen LogP contribution is 2.36.